The first-order valence-corrected chi connectivity index (χ1v) is 12.0. The van der Waals surface area contributed by atoms with Crippen molar-refractivity contribution in [2.24, 2.45) is 10.7 Å². The Morgan fingerprint density at radius 3 is 2.59 bits per heavy atom. The van der Waals surface area contributed by atoms with E-state index in [4.69, 9.17) is 16.3 Å². The molecule has 0 bridgehead atoms. The second kappa shape index (κ2) is 11.5. The van der Waals surface area contributed by atoms with Gasteiger partial charge in [0.1, 0.15) is 12.4 Å². The number of aliphatic imine (C=N–C) groups is 1. The van der Waals surface area contributed by atoms with Gasteiger partial charge in [0.05, 0.1) is 17.6 Å². The number of hydroxylamine groups is 2. The number of nitrogen functional groups attached to an aromatic ring is 1. The standard InChI is InChI=1S/C28H30N6O3/c1-3-10-34(37-17-19-4-8-23(29)9-5-19)28(36)22-12-20-6-7-21(13-25(20)33-26(30)14-22)27(35)32-24-11-18(2)15-31-16-24/h4-9,11-13,15-16H,3,10,14,17,29H2,1-2H3,(H2,30,33)(H,32,35). The molecule has 4 rings (SSSR count). The zero-order valence-electron chi connectivity index (χ0n) is 20.9. The summed E-state index contributed by atoms with van der Waals surface area (Å²) in [6.07, 6.45) is 5.93. The second-order valence-electron chi connectivity index (χ2n) is 8.85. The van der Waals surface area contributed by atoms with E-state index in [1.165, 1.54) is 5.06 Å². The quantitative estimate of drug-likeness (QED) is 0.312. The summed E-state index contributed by atoms with van der Waals surface area (Å²) >= 11 is 0. The maximum atomic E-state index is 13.4. The number of carbonyl (C=O) groups is 2. The van der Waals surface area contributed by atoms with Crippen LogP contribution in [0.1, 0.15) is 46.8 Å². The van der Waals surface area contributed by atoms with Gasteiger partial charge in [-0.1, -0.05) is 25.1 Å². The number of hydrogen-bond donors (Lipinski definition) is 3. The van der Waals surface area contributed by atoms with Crippen molar-refractivity contribution in [1.82, 2.24) is 10.0 Å². The van der Waals surface area contributed by atoms with Gasteiger partial charge in [-0.3, -0.25) is 19.4 Å². The number of rotatable bonds is 8. The van der Waals surface area contributed by atoms with Crippen LogP contribution in [0.3, 0.4) is 0 Å². The van der Waals surface area contributed by atoms with E-state index in [0.717, 1.165) is 17.5 Å². The van der Waals surface area contributed by atoms with Crippen molar-refractivity contribution in [3.05, 3.63) is 88.8 Å². The Morgan fingerprint density at radius 1 is 1.08 bits per heavy atom. The third-order valence-electron chi connectivity index (χ3n) is 5.69. The molecule has 9 heteroatoms. The van der Waals surface area contributed by atoms with Crippen LogP contribution in [0.2, 0.25) is 0 Å². The molecule has 0 unspecified atom stereocenters. The SMILES string of the molecule is CCCN(OCc1ccc(N)cc1)C(=O)C1=Cc2ccc(C(=O)Nc3cncc(C)c3)cc2N=C(N)C1. The monoisotopic (exact) mass is 498 g/mol. The van der Waals surface area contributed by atoms with Crippen molar-refractivity contribution >= 4 is 40.8 Å². The molecule has 3 aromatic rings. The van der Waals surface area contributed by atoms with Gasteiger partial charge in [0, 0.05) is 41.5 Å². The Bertz CT molecular complexity index is 1360. The first-order valence-electron chi connectivity index (χ1n) is 12.0. The van der Waals surface area contributed by atoms with Gasteiger partial charge in [0.25, 0.3) is 11.8 Å². The molecule has 1 aliphatic heterocycles. The van der Waals surface area contributed by atoms with Gasteiger partial charge in [-0.2, -0.15) is 0 Å². The van der Waals surface area contributed by atoms with E-state index in [2.05, 4.69) is 15.3 Å². The van der Waals surface area contributed by atoms with Crippen LogP contribution in [0.4, 0.5) is 17.1 Å². The van der Waals surface area contributed by atoms with E-state index in [1.807, 2.05) is 32.0 Å². The molecule has 2 aromatic carbocycles. The molecule has 9 nitrogen and oxygen atoms in total. The topological polar surface area (TPSA) is 136 Å². The molecule has 0 atom stereocenters. The number of anilines is 2. The molecule has 0 spiro atoms. The molecule has 2 heterocycles. The van der Waals surface area contributed by atoms with Crippen LogP contribution in [0.25, 0.3) is 6.08 Å². The van der Waals surface area contributed by atoms with Gasteiger partial charge in [0.15, 0.2) is 0 Å². The molecule has 0 saturated heterocycles. The summed E-state index contributed by atoms with van der Waals surface area (Å²) in [7, 11) is 0. The van der Waals surface area contributed by atoms with Gasteiger partial charge in [-0.25, -0.2) is 10.1 Å². The predicted octanol–water partition coefficient (Wildman–Crippen LogP) is 4.37. The van der Waals surface area contributed by atoms with Gasteiger partial charge in [0.2, 0.25) is 0 Å². The fraction of sp³-hybridized carbons (Fsp3) is 0.214. The van der Waals surface area contributed by atoms with Crippen molar-refractivity contribution in [1.29, 1.82) is 0 Å². The summed E-state index contributed by atoms with van der Waals surface area (Å²) in [6.45, 7) is 4.52. The molecular weight excluding hydrogens is 468 g/mol. The number of nitrogens with one attached hydrogen (secondary N) is 1. The second-order valence-corrected chi connectivity index (χ2v) is 8.85. The fourth-order valence-corrected chi connectivity index (χ4v) is 3.85. The molecule has 0 aliphatic carbocycles. The van der Waals surface area contributed by atoms with E-state index in [9.17, 15) is 9.59 Å². The van der Waals surface area contributed by atoms with Crippen molar-refractivity contribution in [3.63, 3.8) is 0 Å². The molecule has 37 heavy (non-hydrogen) atoms. The molecule has 190 valence electrons. The normalized spacial score (nSPS) is 12.6. The molecule has 0 fully saturated rings. The lowest BCUT2D eigenvalue weighted by molar-refractivity contribution is -0.187. The minimum absolute atomic E-state index is 0.162. The fourth-order valence-electron chi connectivity index (χ4n) is 3.85. The Morgan fingerprint density at radius 2 is 1.86 bits per heavy atom. The lowest BCUT2D eigenvalue weighted by atomic mass is 10.0. The number of pyridine rings is 1. The molecule has 2 amide bonds. The molecule has 0 saturated carbocycles. The van der Waals surface area contributed by atoms with Gasteiger partial charge in [-0.05, 0) is 60.9 Å². The largest absolute Gasteiger partial charge is 0.399 e. The maximum absolute atomic E-state index is 13.4. The smallest absolute Gasteiger partial charge is 0.273 e. The number of amidine groups is 1. The van der Waals surface area contributed by atoms with Crippen LogP contribution in [0.5, 0.6) is 0 Å². The lowest BCUT2D eigenvalue weighted by Gasteiger charge is -2.22. The zero-order chi connectivity index (χ0) is 26.4. The van der Waals surface area contributed by atoms with Crippen LogP contribution in [0, 0.1) is 6.92 Å². The van der Waals surface area contributed by atoms with E-state index >= 15 is 0 Å². The zero-order valence-corrected chi connectivity index (χ0v) is 20.9. The number of hydrogen-bond acceptors (Lipinski definition) is 7. The summed E-state index contributed by atoms with van der Waals surface area (Å²) in [4.78, 5) is 40.6. The van der Waals surface area contributed by atoms with E-state index in [0.29, 0.717) is 40.3 Å². The van der Waals surface area contributed by atoms with E-state index in [-0.39, 0.29) is 30.7 Å². The van der Waals surface area contributed by atoms with Crippen molar-refractivity contribution in [3.8, 4) is 0 Å². The van der Waals surface area contributed by atoms with Crippen LogP contribution in [0.15, 0.2) is 71.5 Å². The number of aryl methyl sites for hydroxylation is 1. The third kappa shape index (κ3) is 6.59. The highest BCUT2D eigenvalue weighted by Crippen LogP contribution is 2.29. The number of aromatic nitrogens is 1. The maximum Gasteiger partial charge on any atom is 0.273 e. The van der Waals surface area contributed by atoms with Crippen LogP contribution >= 0.6 is 0 Å². The molecular formula is C28H30N6O3. The number of benzene rings is 2. The number of carbonyl (C=O) groups excluding carboxylic acids is 2. The first-order chi connectivity index (χ1) is 17.8. The van der Waals surface area contributed by atoms with Crippen molar-refractivity contribution < 1.29 is 14.4 Å². The number of nitrogens with zero attached hydrogens (tertiary/aromatic N) is 3. The third-order valence-corrected chi connectivity index (χ3v) is 5.69. The summed E-state index contributed by atoms with van der Waals surface area (Å²) < 4.78 is 0. The number of nitrogens with two attached hydrogens (primary N) is 2. The van der Waals surface area contributed by atoms with Crippen molar-refractivity contribution in [2.45, 2.75) is 33.3 Å². The minimum atomic E-state index is -0.293. The Hall–Kier alpha value is -4.50. The average Bonchev–Trinajstić information content (AvgIpc) is 3.04. The van der Waals surface area contributed by atoms with Crippen LogP contribution < -0.4 is 16.8 Å². The summed E-state index contributed by atoms with van der Waals surface area (Å²) in [6, 6.07) is 14.2. The highest BCUT2D eigenvalue weighted by molar-refractivity contribution is 6.07. The Labute approximate surface area is 215 Å². The number of fused-ring (bicyclic) bond motifs is 1. The summed E-state index contributed by atoms with van der Waals surface area (Å²) in [5.74, 6) is -0.301. The summed E-state index contributed by atoms with van der Waals surface area (Å²) in [5.41, 5.74) is 17.1. The molecule has 5 N–H and O–H groups in total. The highest BCUT2D eigenvalue weighted by atomic mass is 16.7. The van der Waals surface area contributed by atoms with Crippen LogP contribution in [-0.4, -0.2) is 34.2 Å². The van der Waals surface area contributed by atoms with E-state index in [1.54, 1.807) is 48.8 Å². The lowest BCUT2D eigenvalue weighted by Crippen LogP contribution is -2.34. The minimum Gasteiger partial charge on any atom is -0.399 e. The molecule has 1 aliphatic rings. The van der Waals surface area contributed by atoms with Crippen LogP contribution in [-0.2, 0) is 16.2 Å². The molecule has 1 aromatic heterocycles. The summed E-state index contributed by atoms with van der Waals surface area (Å²) in [5, 5.41) is 4.20. The van der Waals surface area contributed by atoms with E-state index < -0.39 is 0 Å². The Kier molecular flexibility index (Phi) is 7.95. The predicted molar refractivity (Wildman–Crippen MR) is 145 cm³/mol. The van der Waals surface area contributed by atoms with Gasteiger partial charge >= 0.3 is 0 Å². The Balaban J connectivity index is 1.53. The highest BCUT2D eigenvalue weighted by Gasteiger charge is 2.23. The van der Waals surface area contributed by atoms with Gasteiger partial charge in [-0.15, -0.1) is 0 Å². The van der Waals surface area contributed by atoms with Crippen molar-refractivity contribution in [2.75, 3.05) is 17.6 Å². The average molecular weight is 499 g/mol. The first kappa shape index (κ1) is 25.6. The molecule has 0 radical (unpaired) electrons. The number of amides is 2. The van der Waals surface area contributed by atoms with Gasteiger partial charge < -0.3 is 16.8 Å².